The minimum Gasteiger partial charge on any atom is -0.394 e. The summed E-state index contributed by atoms with van der Waals surface area (Å²) in [6.45, 7) is 3.46. The van der Waals surface area contributed by atoms with E-state index < -0.39 is 79.7 Å². The molecule has 0 spiro atoms. The molecule has 0 aromatic carbocycles. The van der Waals surface area contributed by atoms with E-state index in [4.69, 9.17) is 14.6 Å². The van der Waals surface area contributed by atoms with Gasteiger partial charge in [0.15, 0.2) is 6.10 Å². The molecule has 348 valence electrons. The summed E-state index contributed by atoms with van der Waals surface area (Å²) in [5.74, 6) is -5.16. The molecule has 1 amide bonds. The van der Waals surface area contributed by atoms with Gasteiger partial charge in [0.05, 0.1) is 6.61 Å². The first-order valence-corrected chi connectivity index (χ1v) is 23.4. The van der Waals surface area contributed by atoms with E-state index in [0.717, 1.165) is 77.0 Å². The van der Waals surface area contributed by atoms with Crippen LogP contribution in [0.15, 0.2) is 24.3 Å². The Morgan fingerprint density at radius 3 is 1.27 bits per heavy atom. The Hall–Kier alpha value is -2.97. The van der Waals surface area contributed by atoms with Crippen LogP contribution in [0.5, 0.6) is 0 Å². The molecular weight excluding hydrogens is 771 g/mol. The number of hydrogen-bond donors (Lipinski definition) is 6. The van der Waals surface area contributed by atoms with Crippen molar-refractivity contribution in [3.05, 3.63) is 24.3 Å². The molecule has 60 heavy (non-hydrogen) atoms. The molecule has 0 heterocycles. The molecule has 6 N–H and O–H groups in total. The van der Waals surface area contributed by atoms with Crippen LogP contribution in [0.3, 0.4) is 0 Å². The topological polar surface area (TPSA) is 217 Å². The number of carbonyl (C=O) groups is 5. The molecule has 0 unspecified atom stereocenters. The number of ether oxygens (including phenoxy) is 2. The zero-order chi connectivity index (χ0) is 44.6. The van der Waals surface area contributed by atoms with Crippen LogP contribution in [-0.4, -0.2) is 92.4 Å². The summed E-state index contributed by atoms with van der Waals surface area (Å²) in [5, 5.41) is 51.0. The van der Waals surface area contributed by atoms with Gasteiger partial charge in [0, 0.05) is 19.3 Å². The van der Waals surface area contributed by atoms with E-state index in [1.165, 1.54) is 77.0 Å². The number of hydrogen-bond acceptors (Lipinski definition) is 12. The van der Waals surface area contributed by atoms with E-state index in [9.17, 15) is 44.4 Å². The van der Waals surface area contributed by atoms with Crippen molar-refractivity contribution in [2.24, 2.45) is 0 Å². The van der Waals surface area contributed by atoms with Gasteiger partial charge in [-0.15, -0.1) is 0 Å². The lowest BCUT2D eigenvalue weighted by Crippen LogP contribution is -2.54. The first kappa shape index (κ1) is 57.0. The molecular formula is C47H83NO12. The Labute approximate surface area is 361 Å². The number of unbranched alkanes of at least 4 members (excludes halogenated alkanes) is 22. The molecule has 0 rings (SSSR count). The van der Waals surface area contributed by atoms with Gasteiger partial charge in [0.25, 0.3) is 5.91 Å². The molecule has 0 aliphatic rings. The molecule has 0 bridgehead atoms. The van der Waals surface area contributed by atoms with Crippen LogP contribution in [-0.2, 0) is 33.4 Å². The average Bonchev–Trinajstić information content (AvgIpc) is 3.23. The molecule has 0 saturated heterocycles. The molecule has 5 atom stereocenters. The van der Waals surface area contributed by atoms with Crippen molar-refractivity contribution >= 4 is 29.8 Å². The van der Waals surface area contributed by atoms with Crippen molar-refractivity contribution in [1.82, 2.24) is 5.32 Å². The van der Waals surface area contributed by atoms with Crippen molar-refractivity contribution in [3.63, 3.8) is 0 Å². The van der Waals surface area contributed by atoms with Crippen LogP contribution < -0.4 is 5.32 Å². The number of esters is 4. The van der Waals surface area contributed by atoms with Crippen LogP contribution in [0, 0.1) is 0 Å². The lowest BCUT2D eigenvalue weighted by atomic mass is 10.0. The highest BCUT2D eigenvalue weighted by atomic mass is 16.6. The van der Waals surface area contributed by atoms with Crippen LogP contribution in [0.2, 0.25) is 0 Å². The van der Waals surface area contributed by atoms with Gasteiger partial charge >= 0.3 is 23.9 Å². The maximum absolute atomic E-state index is 13.0. The fourth-order valence-corrected chi connectivity index (χ4v) is 6.59. The summed E-state index contributed by atoms with van der Waals surface area (Å²) < 4.78 is 9.82. The van der Waals surface area contributed by atoms with Gasteiger partial charge in [0.1, 0.15) is 24.4 Å². The summed E-state index contributed by atoms with van der Waals surface area (Å²) in [5.41, 5.74) is 0. The highest BCUT2D eigenvalue weighted by molar-refractivity contribution is 5.93. The summed E-state index contributed by atoms with van der Waals surface area (Å²) >= 11 is 0. The van der Waals surface area contributed by atoms with Gasteiger partial charge in [-0.1, -0.05) is 141 Å². The maximum atomic E-state index is 13.0. The minimum atomic E-state index is -2.37. The highest BCUT2D eigenvalue weighted by Gasteiger charge is 2.36. The standard InChI is InChI=1S/C47H83NO12/c1-3-5-7-9-11-13-15-17-19-21-23-25-27-29-31-33-40(51)59-42(53)36-35-38(48-46(57)45(56)44(55)43(54)39(50)37-49)47(58)60-41(52)34-32-30-28-26-24-22-20-18-16-14-12-10-8-6-4-2/h17-20,38-39,43-45,49-50,54-56H,3-16,21-37H2,1-2H3,(H,48,57)/b19-17-,20-18-/t38-,39+,43+,44+,45+/m0/s1. The van der Waals surface area contributed by atoms with E-state index in [2.05, 4.69) is 43.5 Å². The number of amides is 1. The van der Waals surface area contributed by atoms with Gasteiger partial charge in [-0.2, -0.15) is 0 Å². The van der Waals surface area contributed by atoms with E-state index in [1.54, 1.807) is 0 Å². The van der Waals surface area contributed by atoms with E-state index in [1.807, 2.05) is 0 Å². The van der Waals surface area contributed by atoms with E-state index >= 15 is 0 Å². The number of aliphatic hydroxyl groups excluding tert-OH is 5. The second kappa shape index (κ2) is 40.1. The van der Waals surface area contributed by atoms with Crippen molar-refractivity contribution in [1.29, 1.82) is 0 Å². The minimum absolute atomic E-state index is 0.0308. The van der Waals surface area contributed by atoms with Crippen molar-refractivity contribution < 1.29 is 59.0 Å². The van der Waals surface area contributed by atoms with Crippen LogP contribution in [0.4, 0.5) is 0 Å². The number of allylic oxidation sites excluding steroid dienone is 4. The summed E-state index contributed by atoms with van der Waals surface area (Å²) in [4.78, 5) is 63.0. The summed E-state index contributed by atoms with van der Waals surface area (Å²) in [6.07, 6.45) is 27.6. The molecule has 0 aromatic heterocycles. The first-order chi connectivity index (χ1) is 29.0. The van der Waals surface area contributed by atoms with Gasteiger partial charge in [-0.3, -0.25) is 19.2 Å². The molecule has 0 saturated carbocycles. The summed E-state index contributed by atoms with van der Waals surface area (Å²) in [7, 11) is 0. The molecule has 0 aliphatic heterocycles. The summed E-state index contributed by atoms with van der Waals surface area (Å²) in [6, 6.07) is -1.68. The fraction of sp³-hybridized carbons (Fsp3) is 0.809. The molecule has 13 heteroatoms. The van der Waals surface area contributed by atoms with E-state index in [0.29, 0.717) is 12.8 Å². The number of nitrogens with one attached hydrogen (secondary N) is 1. The predicted molar refractivity (Wildman–Crippen MR) is 233 cm³/mol. The van der Waals surface area contributed by atoms with Gasteiger partial charge in [0.2, 0.25) is 0 Å². The highest BCUT2D eigenvalue weighted by Crippen LogP contribution is 2.14. The molecule has 0 aromatic rings. The van der Waals surface area contributed by atoms with Crippen LogP contribution in [0.25, 0.3) is 0 Å². The monoisotopic (exact) mass is 854 g/mol. The SMILES string of the molecule is CCCCCCCC/C=C\CCCCCCCC(=O)OC(=O)CC[C@H](NC(=O)[C@H](O)[C@H](O)[C@H](O)[C@H](O)CO)C(=O)OC(=O)CCCCCCC/C=C\CCCCCCCC. The third-order valence-electron chi connectivity index (χ3n) is 10.5. The lowest BCUT2D eigenvalue weighted by molar-refractivity contribution is -0.164. The molecule has 0 aliphatic carbocycles. The Bertz CT molecular complexity index is 1180. The zero-order valence-corrected chi connectivity index (χ0v) is 37.2. The fourth-order valence-electron chi connectivity index (χ4n) is 6.59. The third-order valence-corrected chi connectivity index (χ3v) is 10.5. The quantitative estimate of drug-likeness (QED) is 0.0150. The largest absolute Gasteiger partial charge is 0.394 e. The predicted octanol–water partition coefficient (Wildman–Crippen LogP) is 7.90. The van der Waals surface area contributed by atoms with Crippen LogP contribution in [0.1, 0.15) is 206 Å². The Morgan fingerprint density at radius 2 is 0.850 bits per heavy atom. The molecule has 13 nitrogen and oxygen atoms in total. The Kier molecular flexibility index (Phi) is 38.1. The van der Waals surface area contributed by atoms with Gasteiger partial charge < -0.3 is 40.3 Å². The lowest BCUT2D eigenvalue weighted by Gasteiger charge is -2.26. The number of carbonyl (C=O) groups excluding carboxylic acids is 5. The van der Waals surface area contributed by atoms with Crippen LogP contribution >= 0.6 is 0 Å². The van der Waals surface area contributed by atoms with Crippen molar-refractivity contribution in [2.75, 3.05) is 6.61 Å². The maximum Gasteiger partial charge on any atom is 0.336 e. The van der Waals surface area contributed by atoms with Crippen molar-refractivity contribution in [2.45, 2.75) is 237 Å². The Balaban J connectivity index is 4.70. The Morgan fingerprint density at radius 1 is 0.483 bits per heavy atom. The zero-order valence-electron chi connectivity index (χ0n) is 37.2. The first-order valence-electron chi connectivity index (χ1n) is 23.4. The van der Waals surface area contributed by atoms with E-state index in [-0.39, 0.29) is 12.8 Å². The normalized spacial score (nSPS) is 14.2. The second-order valence-corrected chi connectivity index (χ2v) is 16.1. The van der Waals surface area contributed by atoms with Gasteiger partial charge in [-0.05, 0) is 70.6 Å². The number of rotatable bonds is 40. The third kappa shape index (κ3) is 32.8. The van der Waals surface area contributed by atoms with Crippen molar-refractivity contribution in [3.8, 4) is 0 Å². The average molecular weight is 854 g/mol. The smallest absolute Gasteiger partial charge is 0.336 e. The van der Waals surface area contributed by atoms with Gasteiger partial charge in [-0.25, -0.2) is 4.79 Å². The molecule has 0 radical (unpaired) electrons. The second-order valence-electron chi connectivity index (χ2n) is 16.1. The molecule has 0 fully saturated rings. The number of aliphatic hydroxyl groups is 5.